The Morgan fingerprint density at radius 2 is 2.29 bits per heavy atom. The number of H-pyrrole nitrogens is 1. The number of pyridine rings is 1. The van der Waals surface area contributed by atoms with Gasteiger partial charge in [0.05, 0.1) is 10.6 Å². The molecule has 0 saturated heterocycles. The fraction of sp³-hybridized carbons (Fsp3) is 0.182. The molecule has 0 spiro atoms. The summed E-state index contributed by atoms with van der Waals surface area (Å²) in [7, 11) is 0. The van der Waals surface area contributed by atoms with E-state index in [1.807, 2.05) is 0 Å². The molecule has 1 N–H and O–H groups in total. The van der Waals surface area contributed by atoms with Crippen LogP contribution in [0.3, 0.4) is 0 Å². The van der Waals surface area contributed by atoms with Gasteiger partial charge in [0.15, 0.2) is 5.43 Å². The number of aromatic amines is 1. The van der Waals surface area contributed by atoms with Gasteiger partial charge in [0.1, 0.15) is 0 Å². The summed E-state index contributed by atoms with van der Waals surface area (Å²) in [4.78, 5) is 15.3. The van der Waals surface area contributed by atoms with Crippen molar-refractivity contribution in [3.05, 3.63) is 45.6 Å². The molecule has 3 heteroatoms. The minimum atomic E-state index is 0.0465. The van der Waals surface area contributed by atoms with Crippen molar-refractivity contribution < 1.29 is 0 Å². The second-order valence-corrected chi connectivity index (χ2v) is 4.02. The van der Waals surface area contributed by atoms with Gasteiger partial charge >= 0.3 is 0 Å². The van der Waals surface area contributed by atoms with E-state index in [-0.39, 0.29) is 5.43 Å². The highest BCUT2D eigenvalue weighted by molar-refractivity contribution is 7.13. The van der Waals surface area contributed by atoms with Crippen LogP contribution in [0, 0.1) is 0 Å². The third-order valence-corrected chi connectivity index (χ3v) is 3.11. The summed E-state index contributed by atoms with van der Waals surface area (Å²) in [6.07, 6.45) is 2.72. The van der Waals surface area contributed by atoms with Gasteiger partial charge in [-0.25, -0.2) is 0 Å². The van der Waals surface area contributed by atoms with Gasteiger partial charge in [0.25, 0.3) is 0 Å². The summed E-state index contributed by atoms with van der Waals surface area (Å²) in [5.74, 6) is 0. The standard InChI is InChI=1S/C11H11NOS/c1-2-8-5-11(14-7-8)10-6-9(13)3-4-12-10/h3-7H,2H2,1H3,(H,12,13). The number of rotatable bonds is 2. The summed E-state index contributed by atoms with van der Waals surface area (Å²) in [6, 6.07) is 5.28. The zero-order chi connectivity index (χ0) is 9.97. The van der Waals surface area contributed by atoms with Crippen LogP contribution in [0.5, 0.6) is 0 Å². The van der Waals surface area contributed by atoms with E-state index < -0.39 is 0 Å². The average molecular weight is 205 g/mol. The second-order valence-electron chi connectivity index (χ2n) is 3.11. The maximum Gasteiger partial charge on any atom is 0.182 e. The maximum atomic E-state index is 11.1. The van der Waals surface area contributed by atoms with Crippen LogP contribution in [0.2, 0.25) is 0 Å². The lowest BCUT2D eigenvalue weighted by Gasteiger charge is -1.94. The predicted molar refractivity (Wildman–Crippen MR) is 59.8 cm³/mol. The molecule has 0 atom stereocenters. The quantitative estimate of drug-likeness (QED) is 0.803. The first-order valence-electron chi connectivity index (χ1n) is 4.56. The van der Waals surface area contributed by atoms with Crippen molar-refractivity contribution in [3.63, 3.8) is 0 Å². The van der Waals surface area contributed by atoms with Crippen LogP contribution in [0.4, 0.5) is 0 Å². The lowest BCUT2D eigenvalue weighted by molar-refractivity contribution is 1.15. The second kappa shape index (κ2) is 3.80. The van der Waals surface area contributed by atoms with E-state index in [1.54, 1.807) is 23.6 Å². The summed E-state index contributed by atoms with van der Waals surface area (Å²) >= 11 is 1.67. The molecule has 72 valence electrons. The lowest BCUT2D eigenvalue weighted by atomic mass is 10.2. The molecule has 2 nitrogen and oxygen atoms in total. The van der Waals surface area contributed by atoms with Gasteiger partial charge in [-0.1, -0.05) is 6.92 Å². The summed E-state index contributed by atoms with van der Waals surface area (Å²) in [6.45, 7) is 2.12. The molecular formula is C11H11NOS. The van der Waals surface area contributed by atoms with Crippen LogP contribution in [0.1, 0.15) is 12.5 Å². The lowest BCUT2D eigenvalue weighted by Crippen LogP contribution is -1.96. The molecule has 2 heterocycles. The minimum Gasteiger partial charge on any atom is -0.360 e. The van der Waals surface area contributed by atoms with Crippen molar-refractivity contribution in [2.75, 3.05) is 0 Å². The van der Waals surface area contributed by atoms with Gasteiger partial charge in [0.2, 0.25) is 0 Å². The van der Waals surface area contributed by atoms with Gasteiger partial charge in [-0.05, 0) is 23.4 Å². The van der Waals surface area contributed by atoms with Gasteiger partial charge in [0, 0.05) is 18.3 Å². The molecule has 0 bridgehead atoms. The molecule has 14 heavy (non-hydrogen) atoms. The summed E-state index contributed by atoms with van der Waals surface area (Å²) in [5.41, 5.74) is 2.27. The Labute approximate surface area is 86.2 Å². The predicted octanol–water partition coefficient (Wildman–Crippen LogP) is 2.67. The first kappa shape index (κ1) is 9.21. The molecule has 2 rings (SSSR count). The Hall–Kier alpha value is -1.35. The molecule has 0 fully saturated rings. The largest absolute Gasteiger partial charge is 0.360 e. The molecule has 0 amide bonds. The van der Waals surface area contributed by atoms with Crippen molar-refractivity contribution >= 4 is 11.3 Å². The van der Waals surface area contributed by atoms with Crippen LogP contribution in [-0.4, -0.2) is 4.98 Å². The van der Waals surface area contributed by atoms with Gasteiger partial charge in [-0.2, -0.15) is 0 Å². The fourth-order valence-electron chi connectivity index (χ4n) is 1.29. The Morgan fingerprint density at radius 3 is 2.93 bits per heavy atom. The Balaban J connectivity index is 2.44. The minimum absolute atomic E-state index is 0.0465. The van der Waals surface area contributed by atoms with Crippen molar-refractivity contribution in [3.8, 4) is 10.6 Å². The Morgan fingerprint density at radius 1 is 1.43 bits per heavy atom. The normalized spacial score (nSPS) is 10.4. The molecule has 0 aromatic carbocycles. The van der Waals surface area contributed by atoms with Gasteiger partial charge < -0.3 is 4.98 Å². The molecule has 0 aliphatic heterocycles. The first-order chi connectivity index (χ1) is 6.79. The number of nitrogens with one attached hydrogen (secondary N) is 1. The Kier molecular flexibility index (Phi) is 2.50. The highest BCUT2D eigenvalue weighted by Crippen LogP contribution is 2.24. The summed E-state index contributed by atoms with van der Waals surface area (Å²) < 4.78 is 0. The Bertz CT molecular complexity index is 484. The maximum absolute atomic E-state index is 11.1. The fourth-order valence-corrected chi connectivity index (χ4v) is 2.27. The van der Waals surface area contributed by atoms with Crippen LogP contribution in [-0.2, 0) is 6.42 Å². The SMILES string of the molecule is CCc1csc(-c2cc(=O)cc[nH]2)c1. The van der Waals surface area contributed by atoms with Crippen LogP contribution in [0.25, 0.3) is 10.6 Å². The number of thiophene rings is 1. The molecule has 2 aromatic rings. The van der Waals surface area contributed by atoms with Crippen LogP contribution >= 0.6 is 11.3 Å². The van der Waals surface area contributed by atoms with Gasteiger partial charge in [-0.3, -0.25) is 4.79 Å². The van der Waals surface area contributed by atoms with E-state index >= 15 is 0 Å². The van der Waals surface area contributed by atoms with Crippen molar-refractivity contribution in [1.82, 2.24) is 4.98 Å². The topological polar surface area (TPSA) is 32.9 Å². The van der Waals surface area contributed by atoms with E-state index in [0.29, 0.717) is 0 Å². The van der Waals surface area contributed by atoms with Crippen molar-refractivity contribution in [2.24, 2.45) is 0 Å². The third-order valence-electron chi connectivity index (χ3n) is 2.10. The number of hydrogen-bond acceptors (Lipinski definition) is 2. The number of aryl methyl sites for hydroxylation is 1. The highest BCUT2D eigenvalue weighted by atomic mass is 32.1. The summed E-state index contributed by atoms with van der Waals surface area (Å²) in [5, 5.41) is 2.13. The smallest absolute Gasteiger partial charge is 0.182 e. The molecular weight excluding hydrogens is 194 g/mol. The number of hydrogen-bond donors (Lipinski definition) is 1. The van der Waals surface area contributed by atoms with E-state index in [1.165, 1.54) is 11.6 Å². The van der Waals surface area contributed by atoms with E-state index in [4.69, 9.17) is 0 Å². The zero-order valence-electron chi connectivity index (χ0n) is 7.91. The third kappa shape index (κ3) is 1.77. The number of aromatic nitrogens is 1. The first-order valence-corrected chi connectivity index (χ1v) is 5.44. The average Bonchev–Trinajstić information content (AvgIpc) is 2.66. The van der Waals surface area contributed by atoms with E-state index in [9.17, 15) is 4.79 Å². The molecule has 0 radical (unpaired) electrons. The molecule has 0 aliphatic rings. The molecule has 0 aliphatic carbocycles. The van der Waals surface area contributed by atoms with E-state index in [2.05, 4.69) is 23.4 Å². The van der Waals surface area contributed by atoms with E-state index in [0.717, 1.165) is 17.0 Å². The van der Waals surface area contributed by atoms with Crippen molar-refractivity contribution in [2.45, 2.75) is 13.3 Å². The monoisotopic (exact) mass is 205 g/mol. The zero-order valence-corrected chi connectivity index (χ0v) is 8.73. The van der Waals surface area contributed by atoms with Crippen molar-refractivity contribution in [1.29, 1.82) is 0 Å². The van der Waals surface area contributed by atoms with Crippen LogP contribution in [0.15, 0.2) is 34.6 Å². The molecule has 2 aromatic heterocycles. The highest BCUT2D eigenvalue weighted by Gasteiger charge is 2.01. The van der Waals surface area contributed by atoms with Gasteiger partial charge in [-0.15, -0.1) is 11.3 Å². The molecule has 0 unspecified atom stereocenters. The van der Waals surface area contributed by atoms with Crippen LogP contribution < -0.4 is 5.43 Å². The molecule has 0 saturated carbocycles.